The molecule has 2 fully saturated rings. The Balaban J connectivity index is 1.23. The van der Waals surface area contributed by atoms with Crippen LogP contribution in [0.4, 0.5) is 11.5 Å². The molecule has 38 heavy (non-hydrogen) atoms. The minimum Gasteiger partial charge on any atom is -0.340 e. The lowest BCUT2D eigenvalue weighted by atomic mass is 10.1. The quantitative estimate of drug-likeness (QED) is 0.554. The fourth-order valence-electron chi connectivity index (χ4n) is 5.45. The van der Waals surface area contributed by atoms with Crippen molar-refractivity contribution >= 4 is 17.3 Å². The number of pyridine rings is 1. The summed E-state index contributed by atoms with van der Waals surface area (Å²) in [5, 5.41) is 3.47. The number of rotatable bonds is 2. The number of ketones is 1. The van der Waals surface area contributed by atoms with E-state index in [0.717, 1.165) is 93.2 Å². The van der Waals surface area contributed by atoms with Crippen molar-refractivity contribution in [2.24, 2.45) is 5.92 Å². The van der Waals surface area contributed by atoms with E-state index < -0.39 is 0 Å². The van der Waals surface area contributed by atoms with E-state index in [-0.39, 0.29) is 0 Å². The fourth-order valence-corrected chi connectivity index (χ4v) is 5.45. The molecule has 1 aromatic carbocycles. The van der Waals surface area contributed by atoms with Gasteiger partial charge in [0, 0.05) is 75.5 Å². The SMILES string of the molecule is O=C1CCCN(CC2CC2)Cc2ncc(cn2)-c2ccnc(c2)Nc2cccc(c2)CN2CCN(CC2)C1. The van der Waals surface area contributed by atoms with Crippen molar-refractivity contribution < 1.29 is 4.79 Å². The molecule has 0 spiro atoms. The molecule has 6 aliphatic rings. The summed E-state index contributed by atoms with van der Waals surface area (Å²) in [5.74, 6) is 2.78. The number of nitrogens with zero attached hydrogens (tertiary/aromatic N) is 6. The van der Waals surface area contributed by atoms with Gasteiger partial charge in [0.05, 0.1) is 13.1 Å². The van der Waals surface area contributed by atoms with Crippen LogP contribution in [-0.2, 0) is 17.9 Å². The van der Waals surface area contributed by atoms with E-state index in [1.807, 2.05) is 24.7 Å². The summed E-state index contributed by atoms with van der Waals surface area (Å²) in [7, 11) is 0. The van der Waals surface area contributed by atoms with E-state index in [0.29, 0.717) is 18.7 Å². The van der Waals surface area contributed by atoms with E-state index in [4.69, 9.17) is 9.97 Å². The second kappa shape index (κ2) is 11.7. The van der Waals surface area contributed by atoms with Crippen LogP contribution in [0.5, 0.6) is 0 Å². The summed E-state index contributed by atoms with van der Waals surface area (Å²) in [6, 6.07) is 12.6. The first-order valence-electron chi connectivity index (χ1n) is 14.0. The molecule has 1 saturated carbocycles. The zero-order valence-electron chi connectivity index (χ0n) is 22.1. The van der Waals surface area contributed by atoms with Crippen molar-refractivity contribution in [1.29, 1.82) is 0 Å². The smallest absolute Gasteiger partial charge is 0.146 e. The largest absolute Gasteiger partial charge is 0.340 e. The molecule has 7 heterocycles. The molecular formula is C30H37N7O. The van der Waals surface area contributed by atoms with Crippen molar-refractivity contribution in [1.82, 2.24) is 29.7 Å². The van der Waals surface area contributed by atoms with Crippen LogP contribution in [0.3, 0.4) is 0 Å². The molecule has 2 aromatic heterocycles. The van der Waals surface area contributed by atoms with Gasteiger partial charge in [-0.1, -0.05) is 12.1 Å². The maximum absolute atomic E-state index is 12.8. The number of hydrogen-bond donors (Lipinski definition) is 1. The normalized spacial score (nSPS) is 23.2. The molecule has 0 unspecified atom stereocenters. The summed E-state index contributed by atoms with van der Waals surface area (Å²) in [4.78, 5) is 34.0. The van der Waals surface area contributed by atoms with Crippen LogP contribution in [0.25, 0.3) is 11.1 Å². The van der Waals surface area contributed by atoms with E-state index in [1.54, 1.807) is 0 Å². The third kappa shape index (κ3) is 6.81. The molecule has 0 atom stereocenters. The minimum absolute atomic E-state index is 0.359. The highest BCUT2D eigenvalue weighted by molar-refractivity contribution is 5.80. The van der Waals surface area contributed by atoms with Crippen LogP contribution in [0.1, 0.15) is 37.1 Å². The third-order valence-electron chi connectivity index (χ3n) is 7.78. The van der Waals surface area contributed by atoms with Gasteiger partial charge in [-0.25, -0.2) is 15.0 Å². The Morgan fingerprint density at radius 3 is 2.42 bits per heavy atom. The Morgan fingerprint density at radius 2 is 1.63 bits per heavy atom. The maximum Gasteiger partial charge on any atom is 0.146 e. The number of Topliss-reactive ketones (excluding diaryl/α,β-unsaturated/α-hetero) is 1. The average Bonchev–Trinajstić information content (AvgIpc) is 3.74. The van der Waals surface area contributed by atoms with Gasteiger partial charge in [-0.05, 0) is 67.1 Å². The van der Waals surface area contributed by atoms with Gasteiger partial charge in [0.1, 0.15) is 17.4 Å². The van der Waals surface area contributed by atoms with Crippen LogP contribution in [0.2, 0.25) is 0 Å². The zero-order valence-corrected chi connectivity index (χ0v) is 22.1. The van der Waals surface area contributed by atoms with Gasteiger partial charge >= 0.3 is 0 Å². The number of anilines is 2. The number of carbonyl (C=O) groups excluding carboxylic acids is 1. The first kappa shape index (κ1) is 25.1. The summed E-state index contributed by atoms with van der Waals surface area (Å²) in [6.07, 6.45) is 9.81. The number of nitrogens with one attached hydrogen (secondary N) is 1. The van der Waals surface area contributed by atoms with Gasteiger partial charge in [0.2, 0.25) is 0 Å². The first-order chi connectivity index (χ1) is 18.7. The van der Waals surface area contributed by atoms with E-state index in [9.17, 15) is 4.79 Å². The lowest BCUT2D eigenvalue weighted by molar-refractivity contribution is -0.120. The molecule has 1 aliphatic carbocycles. The Hall–Kier alpha value is -3.20. The highest BCUT2D eigenvalue weighted by Gasteiger charge is 2.25. The average molecular weight is 512 g/mol. The van der Waals surface area contributed by atoms with Gasteiger partial charge in [0.25, 0.3) is 0 Å². The number of hydrogen-bond acceptors (Lipinski definition) is 8. The standard InChI is InChI=1S/C30H37N7O/c38-28-5-2-10-37(19-23-6-7-23)22-30-32-17-26(18-33-30)25-8-9-31-29(16-25)34-27-4-1-3-24(15-27)20-35-11-13-36(21-28)14-12-35/h1,3-4,8-9,15-18,23H,2,5-7,10-14,19-22H2,(H,31,34). The predicted molar refractivity (Wildman–Crippen MR) is 149 cm³/mol. The van der Waals surface area contributed by atoms with Gasteiger partial charge in [0.15, 0.2) is 0 Å². The maximum atomic E-state index is 12.8. The molecule has 5 aliphatic heterocycles. The zero-order chi connectivity index (χ0) is 25.7. The van der Waals surface area contributed by atoms with Gasteiger partial charge in [-0.2, -0.15) is 0 Å². The topological polar surface area (TPSA) is 77.5 Å². The van der Waals surface area contributed by atoms with Crippen molar-refractivity contribution in [2.75, 3.05) is 51.1 Å². The predicted octanol–water partition coefficient (Wildman–Crippen LogP) is 3.97. The third-order valence-corrected chi connectivity index (χ3v) is 7.78. The Bertz CT molecular complexity index is 1240. The number of piperazine rings is 1. The van der Waals surface area contributed by atoms with Crippen LogP contribution < -0.4 is 5.32 Å². The summed E-state index contributed by atoms with van der Waals surface area (Å²) in [5.41, 5.74) is 4.31. The Kier molecular flexibility index (Phi) is 7.71. The molecule has 0 radical (unpaired) electrons. The number of benzene rings is 1. The lowest BCUT2D eigenvalue weighted by Gasteiger charge is -2.34. The molecule has 3 aromatic rings. The van der Waals surface area contributed by atoms with Crippen LogP contribution in [0.15, 0.2) is 55.0 Å². The van der Waals surface area contributed by atoms with Crippen molar-refractivity contribution in [3.8, 4) is 11.1 Å². The summed E-state index contributed by atoms with van der Waals surface area (Å²) >= 11 is 0. The van der Waals surface area contributed by atoms with E-state index in [2.05, 4.69) is 55.3 Å². The molecule has 1 N–H and O–H groups in total. The van der Waals surface area contributed by atoms with E-state index in [1.165, 1.54) is 18.4 Å². The van der Waals surface area contributed by atoms with Crippen molar-refractivity contribution in [2.45, 2.75) is 38.8 Å². The molecule has 8 bridgehead atoms. The van der Waals surface area contributed by atoms with Crippen LogP contribution in [-0.4, -0.2) is 81.2 Å². The fraction of sp³-hybridized carbons (Fsp3) is 0.467. The number of carbonyl (C=O) groups is 1. The lowest BCUT2D eigenvalue weighted by Crippen LogP contribution is -2.47. The van der Waals surface area contributed by atoms with Crippen molar-refractivity contribution in [3.63, 3.8) is 0 Å². The molecular weight excluding hydrogens is 474 g/mol. The summed E-state index contributed by atoms with van der Waals surface area (Å²) < 4.78 is 0. The highest BCUT2D eigenvalue weighted by atomic mass is 16.1. The minimum atomic E-state index is 0.359. The molecule has 9 rings (SSSR count). The van der Waals surface area contributed by atoms with Crippen molar-refractivity contribution in [3.05, 3.63) is 66.4 Å². The molecule has 8 nitrogen and oxygen atoms in total. The monoisotopic (exact) mass is 511 g/mol. The van der Waals surface area contributed by atoms with Crippen LogP contribution in [0, 0.1) is 5.92 Å². The number of aromatic nitrogens is 3. The first-order valence-corrected chi connectivity index (χ1v) is 14.0. The molecule has 0 amide bonds. The second-order valence-electron chi connectivity index (χ2n) is 11.0. The van der Waals surface area contributed by atoms with Gasteiger partial charge < -0.3 is 5.32 Å². The van der Waals surface area contributed by atoms with Gasteiger partial charge in [-0.3, -0.25) is 19.5 Å². The second-order valence-corrected chi connectivity index (χ2v) is 11.0. The van der Waals surface area contributed by atoms with Crippen LogP contribution >= 0.6 is 0 Å². The Morgan fingerprint density at radius 1 is 0.842 bits per heavy atom. The molecule has 198 valence electrons. The van der Waals surface area contributed by atoms with Gasteiger partial charge in [-0.15, -0.1) is 0 Å². The van der Waals surface area contributed by atoms with E-state index >= 15 is 0 Å². The molecule has 8 heteroatoms. The summed E-state index contributed by atoms with van der Waals surface area (Å²) in [6.45, 7) is 8.06. The molecule has 1 saturated heterocycles. The highest BCUT2D eigenvalue weighted by Crippen LogP contribution is 2.30. The Labute approximate surface area is 225 Å².